The highest BCUT2D eigenvalue weighted by Crippen LogP contribution is 2.30. The van der Waals surface area contributed by atoms with E-state index in [0.717, 1.165) is 0 Å². The molecule has 0 aromatic carbocycles. The summed E-state index contributed by atoms with van der Waals surface area (Å²) in [6, 6.07) is 0. The average Bonchev–Trinajstić information content (AvgIpc) is 1.96. The van der Waals surface area contributed by atoms with Gasteiger partial charge in [-0.2, -0.15) is 13.2 Å². The summed E-state index contributed by atoms with van der Waals surface area (Å²) in [6.45, 7) is 4.44. The molecule has 0 rings (SSSR count). The molecule has 0 aliphatic carbocycles. The number of alkyl halides is 3. The first-order chi connectivity index (χ1) is 6.38. The van der Waals surface area contributed by atoms with Crippen molar-refractivity contribution in [1.29, 1.82) is 0 Å². The predicted octanol–water partition coefficient (Wildman–Crippen LogP) is 1.86. The highest BCUT2D eigenvalue weighted by atomic mass is 19.4. The third kappa shape index (κ3) is 4.07. The van der Waals surface area contributed by atoms with Crippen molar-refractivity contribution < 1.29 is 22.7 Å². The summed E-state index contributed by atoms with van der Waals surface area (Å²) < 4.78 is 39.5. The van der Waals surface area contributed by atoms with Crippen LogP contribution in [0.5, 0.6) is 0 Å². The van der Waals surface area contributed by atoms with Crippen LogP contribution in [0.15, 0.2) is 0 Å². The smallest absolute Gasteiger partial charge is 0.422 e. The summed E-state index contributed by atoms with van der Waals surface area (Å²) in [5.41, 5.74) is 3.55. The second kappa shape index (κ2) is 4.00. The van der Waals surface area contributed by atoms with Crippen LogP contribution in [0.4, 0.5) is 13.2 Å². The van der Waals surface area contributed by atoms with Crippen molar-refractivity contribution in [2.24, 2.45) is 11.1 Å². The molecule has 3 nitrogen and oxygen atoms in total. The molecule has 90 valence electrons. The van der Waals surface area contributed by atoms with Crippen molar-refractivity contribution >= 4 is 5.97 Å². The van der Waals surface area contributed by atoms with Crippen LogP contribution in [0.3, 0.4) is 0 Å². The van der Waals surface area contributed by atoms with Crippen LogP contribution in [0.25, 0.3) is 0 Å². The molecule has 0 radical (unpaired) electrons. The summed E-state index contributed by atoms with van der Waals surface area (Å²) in [4.78, 5) is 11.4. The topological polar surface area (TPSA) is 52.3 Å². The first-order valence-corrected chi connectivity index (χ1v) is 4.41. The third-order valence-electron chi connectivity index (χ3n) is 2.49. The molecule has 15 heavy (non-hydrogen) atoms. The fourth-order valence-corrected chi connectivity index (χ4v) is 0.591. The molecule has 0 unspecified atom stereocenters. The van der Waals surface area contributed by atoms with Crippen molar-refractivity contribution in [3.8, 4) is 0 Å². The number of rotatable bonds is 3. The summed E-state index contributed by atoms with van der Waals surface area (Å²) in [5.74, 6) is -0.952. The van der Waals surface area contributed by atoms with Gasteiger partial charge in [0.15, 0.2) is 6.61 Å². The number of halogens is 3. The SMILES string of the molecule is CC(C)(N)C(C)(C)C(=O)OCC(F)(F)F. The Kier molecular flexibility index (Phi) is 3.79. The van der Waals surface area contributed by atoms with E-state index in [1.54, 1.807) is 13.8 Å². The Balaban J connectivity index is 4.47. The predicted molar refractivity (Wildman–Crippen MR) is 49.1 cm³/mol. The maximum absolute atomic E-state index is 11.8. The summed E-state index contributed by atoms with van der Waals surface area (Å²) >= 11 is 0. The molecule has 0 bridgehead atoms. The number of hydrogen-bond acceptors (Lipinski definition) is 3. The van der Waals surface area contributed by atoms with E-state index in [9.17, 15) is 18.0 Å². The quantitative estimate of drug-likeness (QED) is 0.748. The van der Waals surface area contributed by atoms with Crippen molar-refractivity contribution in [2.75, 3.05) is 6.61 Å². The van der Waals surface area contributed by atoms with Gasteiger partial charge in [-0.25, -0.2) is 0 Å². The molecular weight excluding hydrogens is 211 g/mol. The van der Waals surface area contributed by atoms with Gasteiger partial charge in [-0.1, -0.05) is 0 Å². The molecule has 2 N–H and O–H groups in total. The van der Waals surface area contributed by atoms with Gasteiger partial charge in [-0.3, -0.25) is 4.79 Å². The van der Waals surface area contributed by atoms with E-state index >= 15 is 0 Å². The van der Waals surface area contributed by atoms with Gasteiger partial charge in [-0.05, 0) is 27.7 Å². The van der Waals surface area contributed by atoms with E-state index in [1.165, 1.54) is 13.8 Å². The van der Waals surface area contributed by atoms with Crippen LogP contribution in [0.1, 0.15) is 27.7 Å². The lowest BCUT2D eigenvalue weighted by molar-refractivity contribution is -0.194. The van der Waals surface area contributed by atoms with Gasteiger partial charge >= 0.3 is 12.1 Å². The van der Waals surface area contributed by atoms with Gasteiger partial charge in [0, 0.05) is 5.54 Å². The number of carbonyl (C=O) groups excluding carboxylic acids is 1. The Morgan fingerprint density at radius 3 is 1.87 bits per heavy atom. The molecule has 0 aliphatic heterocycles. The molecule has 0 amide bonds. The monoisotopic (exact) mass is 227 g/mol. The maximum Gasteiger partial charge on any atom is 0.422 e. The fourth-order valence-electron chi connectivity index (χ4n) is 0.591. The minimum absolute atomic E-state index is 0.949. The Bertz CT molecular complexity index is 241. The van der Waals surface area contributed by atoms with Gasteiger partial charge in [0.25, 0.3) is 0 Å². The van der Waals surface area contributed by atoms with Gasteiger partial charge in [-0.15, -0.1) is 0 Å². The second-order valence-electron chi connectivity index (χ2n) is 4.54. The molecule has 0 spiro atoms. The Morgan fingerprint density at radius 1 is 1.20 bits per heavy atom. The largest absolute Gasteiger partial charge is 0.456 e. The third-order valence-corrected chi connectivity index (χ3v) is 2.49. The van der Waals surface area contributed by atoms with Crippen molar-refractivity contribution in [3.63, 3.8) is 0 Å². The van der Waals surface area contributed by atoms with Gasteiger partial charge < -0.3 is 10.5 Å². The average molecular weight is 227 g/mol. The standard InChI is InChI=1S/C9H16F3NO2/c1-7(2,8(3,4)13)6(14)15-5-9(10,11)12/h5,13H2,1-4H3. The van der Waals surface area contributed by atoms with Gasteiger partial charge in [0.05, 0.1) is 5.41 Å². The van der Waals surface area contributed by atoms with Crippen LogP contribution < -0.4 is 5.73 Å². The van der Waals surface area contributed by atoms with Crippen LogP contribution >= 0.6 is 0 Å². The molecule has 0 fully saturated rings. The summed E-state index contributed by atoms with van der Waals surface area (Å²) in [5, 5.41) is 0. The van der Waals surface area contributed by atoms with Gasteiger partial charge in [0.1, 0.15) is 0 Å². The van der Waals surface area contributed by atoms with Crippen LogP contribution in [-0.2, 0) is 9.53 Å². The highest BCUT2D eigenvalue weighted by Gasteiger charge is 2.43. The number of carbonyl (C=O) groups is 1. The van der Waals surface area contributed by atoms with E-state index in [0.29, 0.717) is 0 Å². The van der Waals surface area contributed by atoms with E-state index < -0.39 is 29.7 Å². The Morgan fingerprint density at radius 2 is 1.60 bits per heavy atom. The fraction of sp³-hybridized carbons (Fsp3) is 0.889. The zero-order valence-corrected chi connectivity index (χ0v) is 9.23. The highest BCUT2D eigenvalue weighted by molar-refractivity contribution is 5.77. The van der Waals surface area contributed by atoms with Crippen LogP contribution in [-0.4, -0.2) is 24.3 Å². The van der Waals surface area contributed by atoms with E-state index in [4.69, 9.17) is 5.73 Å². The van der Waals surface area contributed by atoms with Crippen LogP contribution in [0.2, 0.25) is 0 Å². The minimum atomic E-state index is -4.51. The summed E-state index contributed by atoms with van der Waals surface area (Å²) in [7, 11) is 0. The lowest BCUT2D eigenvalue weighted by Gasteiger charge is -2.35. The second-order valence-corrected chi connectivity index (χ2v) is 4.54. The number of esters is 1. The summed E-state index contributed by atoms with van der Waals surface area (Å²) in [6.07, 6.45) is -4.51. The molecule has 0 saturated heterocycles. The Hall–Kier alpha value is -0.780. The molecule has 0 saturated carbocycles. The Labute approximate surface area is 86.8 Å². The molecule has 0 heterocycles. The number of ether oxygens (including phenoxy) is 1. The van der Waals surface area contributed by atoms with E-state index in [2.05, 4.69) is 4.74 Å². The lowest BCUT2D eigenvalue weighted by atomic mass is 9.75. The van der Waals surface area contributed by atoms with Crippen molar-refractivity contribution in [2.45, 2.75) is 39.4 Å². The van der Waals surface area contributed by atoms with Crippen molar-refractivity contribution in [1.82, 2.24) is 0 Å². The van der Waals surface area contributed by atoms with E-state index in [1.807, 2.05) is 0 Å². The first-order valence-electron chi connectivity index (χ1n) is 4.41. The zero-order valence-electron chi connectivity index (χ0n) is 9.23. The molecule has 0 aromatic rings. The molecule has 0 aliphatic rings. The molecule has 0 aromatic heterocycles. The minimum Gasteiger partial charge on any atom is -0.456 e. The zero-order chi connectivity index (χ0) is 12.5. The van der Waals surface area contributed by atoms with Crippen molar-refractivity contribution in [3.05, 3.63) is 0 Å². The molecular formula is C9H16F3NO2. The maximum atomic E-state index is 11.8. The lowest BCUT2D eigenvalue weighted by Crippen LogP contribution is -2.52. The van der Waals surface area contributed by atoms with E-state index in [-0.39, 0.29) is 0 Å². The molecule has 0 atom stereocenters. The normalized spacial score (nSPS) is 13.9. The first kappa shape index (κ1) is 14.2. The number of nitrogens with two attached hydrogens (primary N) is 1. The molecule has 6 heteroatoms. The van der Waals surface area contributed by atoms with Gasteiger partial charge in [0.2, 0.25) is 0 Å². The number of hydrogen-bond donors (Lipinski definition) is 1. The van der Waals surface area contributed by atoms with Crippen LogP contribution in [0, 0.1) is 5.41 Å².